The molecule has 0 saturated carbocycles. The monoisotopic (exact) mass is 378 g/mol. The Kier molecular flexibility index (Phi) is 5.07. The van der Waals surface area contributed by atoms with Gasteiger partial charge in [0.15, 0.2) is 5.13 Å². The zero-order chi connectivity index (χ0) is 18.2. The van der Waals surface area contributed by atoms with Crippen LogP contribution in [0.4, 0.5) is 5.13 Å². The van der Waals surface area contributed by atoms with E-state index >= 15 is 0 Å². The molecule has 1 aromatic heterocycles. The molecule has 1 N–H and O–H groups in total. The first-order chi connectivity index (χ1) is 11.8. The van der Waals surface area contributed by atoms with Gasteiger partial charge < -0.3 is 4.74 Å². The van der Waals surface area contributed by atoms with E-state index in [4.69, 9.17) is 16.3 Å². The van der Waals surface area contributed by atoms with E-state index in [0.29, 0.717) is 32.8 Å². The Morgan fingerprint density at radius 1 is 1.40 bits per heavy atom. The average Bonchev–Trinajstić information content (AvgIpc) is 2.95. The molecule has 0 spiro atoms. The van der Waals surface area contributed by atoms with Crippen LogP contribution >= 0.6 is 22.9 Å². The van der Waals surface area contributed by atoms with Crippen molar-refractivity contribution in [2.45, 2.75) is 40.0 Å². The smallest absolute Gasteiger partial charge is 0.257 e. The van der Waals surface area contributed by atoms with Gasteiger partial charge in [-0.15, -0.1) is 11.3 Å². The number of hydrogen-bond donors (Lipinski definition) is 1. The number of nitrogens with zero attached hydrogens (tertiary/aromatic N) is 1. The second kappa shape index (κ2) is 6.96. The number of carbonyl (C=O) groups is 1. The van der Waals surface area contributed by atoms with E-state index in [0.717, 1.165) is 25.0 Å². The average molecular weight is 379 g/mol. The van der Waals surface area contributed by atoms with Crippen LogP contribution in [0.3, 0.4) is 0 Å². The quantitative estimate of drug-likeness (QED) is 0.797. The number of ether oxygens (including phenoxy) is 1. The van der Waals surface area contributed by atoms with E-state index in [-0.39, 0.29) is 5.91 Å². The van der Waals surface area contributed by atoms with Gasteiger partial charge in [0.2, 0.25) is 0 Å². The molecule has 4 nitrogen and oxygen atoms in total. The van der Waals surface area contributed by atoms with E-state index in [2.05, 4.69) is 31.1 Å². The molecule has 2 aromatic rings. The van der Waals surface area contributed by atoms with Crippen LogP contribution in [0.5, 0.6) is 5.75 Å². The number of aromatic nitrogens is 1. The number of hydrogen-bond acceptors (Lipinski definition) is 4. The molecule has 0 radical (unpaired) electrons. The topological polar surface area (TPSA) is 51.2 Å². The van der Waals surface area contributed by atoms with Crippen molar-refractivity contribution < 1.29 is 9.53 Å². The number of methoxy groups -OCH3 is 1. The number of anilines is 1. The summed E-state index contributed by atoms with van der Waals surface area (Å²) in [4.78, 5) is 18.4. The Morgan fingerprint density at radius 2 is 2.16 bits per heavy atom. The number of benzene rings is 1. The van der Waals surface area contributed by atoms with Crippen molar-refractivity contribution in [3.8, 4) is 5.75 Å². The third kappa shape index (κ3) is 3.98. The van der Waals surface area contributed by atoms with Crippen LogP contribution in [0.15, 0.2) is 18.2 Å². The summed E-state index contributed by atoms with van der Waals surface area (Å²) in [7, 11) is 1.55. The highest BCUT2D eigenvalue weighted by molar-refractivity contribution is 7.15. The number of amides is 1. The van der Waals surface area contributed by atoms with Gasteiger partial charge in [-0.05, 0) is 48.8 Å². The van der Waals surface area contributed by atoms with E-state index in [9.17, 15) is 4.79 Å². The molecule has 0 fully saturated rings. The third-order valence-electron chi connectivity index (χ3n) is 4.80. The summed E-state index contributed by atoms with van der Waals surface area (Å²) < 4.78 is 5.12. The molecule has 134 valence electrons. The van der Waals surface area contributed by atoms with Gasteiger partial charge in [0.05, 0.1) is 17.8 Å². The molecule has 25 heavy (non-hydrogen) atoms. The Bertz CT molecular complexity index is 795. The maximum atomic E-state index is 12.5. The highest BCUT2D eigenvalue weighted by Gasteiger charge is 2.30. The van der Waals surface area contributed by atoms with Crippen molar-refractivity contribution in [3.05, 3.63) is 39.4 Å². The fourth-order valence-electron chi connectivity index (χ4n) is 3.14. The molecule has 1 aliphatic rings. The number of carbonyl (C=O) groups excluding carboxylic acids is 1. The standard InChI is InChI=1S/C19H23ClN2O2S/c1-19(2,3)12-6-7-14-16(10-12)25-18(21-14)22-17(23)11-5-8-15(24-4)13(20)9-11/h5,8-9,12H,6-7,10H2,1-4H3,(H,21,22,23)/t12-/m0/s1. The highest BCUT2D eigenvalue weighted by Crippen LogP contribution is 2.40. The van der Waals surface area contributed by atoms with Gasteiger partial charge in [0.1, 0.15) is 5.75 Å². The lowest BCUT2D eigenvalue weighted by Crippen LogP contribution is -2.26. The molecule has 1 atom stereocenters. The second-order valence-electron chi connectivity index (χ2n) is 7.50. The van der Waals surface area contributed by atoms with Crippen molar-refractivity contribution in [2.24, 2.45) is 11.3 Å². The molecule has 3 rings (SSSR count). The Hall–Kier alpha value is -1.59. The first-order valence-corrected chi connectivity index (χ1v) is 9.61. The minimum Gasteiger partial charge on any atom is -0.495 e. The first-order valence-electron chi connectivity index (χ1n) is 8.41. The van der Waals surface area contributed by atoms with Gasteiger partial charge in [0.25, 0.3) is 5.91 Å². The van der Waals surface area contributed by atoms with E-state index in [1.165, 1.54) is 4.88 Å². The van der Waals surface area contributed by atoms with Crippen LogP contribution < -0.4 is 10.1 Å². The normalized spacial score (nSPS) is 17.1. The minimum absolute atomic E-state index is 0.206. The van der Waals surface area contributed by atoms with Crippen LogP contribution in [-0.2, 0) is 12.8 Å². The van der Waals surface area contributed by atoms with Crippen molar-refractivity contribution in [3.63, 3.8) is 0 Å². The molecule has 0 saturated heterocycles. The van der Waals surface area contributed by atoms with Crippen molar-refractivity contribution in [1.82, 2.24) is 4.98 Å². The molecule has 1 aromatic carbocycles. The highest BCUT2D eigenvalue weighted by atomic mass is 35.5. The van der Waals surface area contributed by atoms with Crippen LogP contribution in [-0.4, -0.2) is 18.0 Å². The maximum absolute atomic E-state index is 12.5. The number of thiazole rings is 1. The lowest BCUT2D eigenvalue weighted by Gasteiger charge is -2.33. The lowest BCUT2D eigenvalue weighted by molar-refractivity contribution is 0.102. The summed E-state index contributed by atoms with van der Waals surface area (Å²) in [5.74, 6) is 1.00. The van der Waals surface area contributed by atoms with Crippen molar-refractivity contribution in [1.29, 1.82) is 0 Å². The molecule has 6 heteroatoms. The van der Waals surface area contributed by atoms with Gasteiger partial charge in [-0.1, -0.05) is 32.4 Å². The number of halogens is 1. The lowest BCUT2D eigenvalue weighted by atomic mass is 9.73. The summed E-state index contributed by atoms with van der Waals surface area (Å²) in [5, 5.41) is 3.98. The summed E-state index contributed by atoms with van der Waals surface area (Å²) in [6, 6.07) is 5.00. The van der Waals surface area contributed by atoms with Crippen LogP contribution in [0.2, 0.25) is 5.02 Å². The number of nitrogens with one attached hydrogen (secondary N) is 1. The first kappa shape index (κ1) is 18.2. The fourth-order valence-corrected chi connectivity index (χ4v) is 4.49. The van der Waals surface area contributed by atoms with Gasteiger partial charge in [0, 0.05) is 10.4 Å². The van der Waals surface area contributed by atoms with Gasteiger partial charge in [-0.2, -0.15) is 0 Å². The molecule has 0 bridgehead atoms. The van der Waals surface area contributed by atoms with Crippen LogP contribution in [0.25, 0.3) is 0 Å². The second-order valence-corrected chi connectivity index (χ2v) is 8.99. The number of rotatable bonds is 3. The molecule has 1 aliphatic carbocycles. The largest absolute Gasteiger partial charge is 0.495 e. The fraction of sp³-hybridized carbons (Fsp3) is 0.474. The Labute approximate surface area is 157 Å². The molecule has 1 heterocycles. The zero-order valence-corrected chi connectivity index (χ0v) is 16.6. The van der Waals surface area contributed by atoms with Crippen molar-refractivity contribution in [2.75, 3.05) is 12.4 Å². The Morgan fingerprint density at radius 3 is 2.80 bits per heavy atom. The predicted octanol–water partition coefficient (Wildman–Crippen LogP) is 5.21. The minimum atomic E-state index is -0.206. The number of aryl methyl sites for hydroxylation is 1. The van der Waals surface area contributed by atoms with E-state index in [1.807, 2.05) is 0 Å². The number of fused-ring (bicyclic) bond motifs is 1. The third-order valence-corrected chi connectivity index (χ3v) is 6.13. The SMILES string of the molecule is COc1ccc(C(=O)Nc2nc3c(s2)C[C@@H](C(C)(C)C)CC3)cc1Cl. The predicted molar refractivity (Wildman–Crippen MR) is 103 cm³/mol. The van der Waals surface area contributed by atoms with Crippen molar-refractivity contribution >= 4 is 34.0 Å². The molecule has 0 aliphatic heterocycles. The van der Waals surface area contributed by atoms with Gasteiger partial charge in [-0.3, -0.25) is 10.1 Å². The maximum Gasteiger partial charge on any atom is 0.257 e. The van der Waals surface area contributed by atoms with Crippen LogP contribution in [0, 0.1) is 11.3 Å². The van der Waals surface area contributed by atoms with E-state index in [1.54, 1.807) is 36.6 Å². The zero-order valence-electron chi connectivity index (χ0n) is 15.0. The summed E-state index contributed by atoms with van der Waals surface area (Å²) in [5.41, 5.74) is 1.92. The molecular weight excluding hydrogens is 356 g/mol. The summed E-state index contributed by atoms with van der Waals surface area (Å²) >= 11 is 7.69. The van der Waals surface area contributed by atoms with Gasteiger partial charge >= 0.3 is 0 Å². The van der Waals surface area contributed by atoms with Gasteiger partial charge in [-0.25, -0.2) is 4.98 Å². The summed E-state index contributed by atoms with van der Waals surface area (Å²) in [6.07, 6.45) is 3.18. The Balaban J connectivity index is 1.73. The van der Waals surface area contributed by atoms with E-state index < -0.39 is 0 Å². The summed E-state index contributed by atoms with van der Waals surface area (Å²) in [6.45, 7) is 6.87. The molecule has 1 amide bonds. The van der Waals surface area contributed by atoms with Crippen LogP contribution in [0.1, 0.15) is 48.1 Å². The molecular formula is C19H23ClN2O2S. The molecule has 0 unspecified atom stereocenters.